The molecule has 20 heavy (non-hydrogen) atoms. The highest BCUT2D eigenvalue weighted by atomic mass is 35.5. The number of rotatable bonds is 4. The van der Waals surface area contributed by atoms with E-state index in [0.29, 0.717) is 16.3 Å². The zero-order valence-electron chi connectivity index (χ0n) is 10.3. The van der Waals surface area contributed by atoms with Crippen LogP contribution in [0.5, 0.6) is 0 Å². The van der Waals surface area contributed by atoms with Gasteiger partial charge in [-0.25, -0.2) is 9.78 Å². The number of pyridine rings is 1. The molecule has 0 saturated heterocycles. The minimum Gasteiger partial charge on any atom is -0.478 e. The maximum atomic E-state index is 12.2. The maximum Gasteiger partial charge on any atom is 0.339 e. The Bertz CT molecular complexity index is 663. The summed E-state index contributed by atoms with van der Waals surface area (Å²) in [7, 11) is 0. The fourth-order valence-corrected chi connectivity index (χ4v) is 1.72. The number of carboxylic acid groups (broad SMARTS) is 1. The normalized spacial score (nSPS) is 11.2. The molecule has 0 amide bonds. The summed E-state index contributed by atoms with van der Waals surface area (Å²) in [5.74, 6) is -1.83. The van der Waals surface area contributed by atoms with Crippen LogP contribution < -0.4 is 0 Å². The van der Waals surface area contributed by atoms with Crippen LogP contribution in [0.1, 0.15) is 15.9 Å². The molecule has 0 saturated carbocycles. The molecule has 0 atom stereocenters. The molecule has 0 aliphatic carbocycles. The number of Topliss-reactive ketones (excluding diaryl/α,β-unsaturated/α-hetero) is 1. The first-order chi connectivity index (χ1) is 9.58. The summed E-state index contributed by atoms with van der Waals surface area (Å²) in [6, 6.07) is 11.4. The van der Waals surface area contributed by atoms with E-state index in [-0.39, 0.29) is 5.57 Å². The molecule has 4 nitrogen and oxygen atoms in total. The average Bonchev–Trinajstić information content (AvgIpc) is 2.46. The van der Waals surface area contributed by atoms with E-state index in [1.165, 1.54) is 18.3 Å². The molecule has 1 N–H and O–H groups in total. The highest BCUT2D eigenvalue weighted by Crippen LogP contribution is 2.14. The lowest BCUT2D eigenvalue weighted by Gasteiger charge is -2.02. The van der Waals surface area contributed by atoms with Gasteiger partial charge in [0.05, 0.1) is 0 Å². The summed E-state index contributed by atoms with van der Waals surface area (Å²) < 4.78 is 0. The molecule has 0 aliphatic heterocycles. The summed E-state index contributed by atoms with van der Waals surface area (Å²) >= 11 is 5.65. The van der Waals surface area contributed by atoms with Gasteiger partial charge in [-0.3, -0.25) is 4.79 Å². The van der Waals surface area contributed by atoms with Crippen LogP contribution in [-0.4, -0.2) is 21.8 Å². The summed E-state index contributed by atoms with van der Waals surface area (Å²) in [6.07, 6.45) is 2.69. The van der Waals surface area contributed by atoms with E-state index in [2.05, 4.69) is 4.98 Å². The fraction of sp³-hybridized carbons (Fsp3) is 0. The lowest BCUT2D eigenvalue weighted by atomic mass is 10.0. The Morgan fingerprint density at radius 3 is 2.35 bits per heavy atom. The minimum atomic E-state index is -1.28. The summed E-state index contributed by atoms with van der Waals surface area (Å²) in [4.78, 5) is 27.3. The van der Waals surface area contributed by atoms with Gasteiger partial charge in [0.1, 0.15) is 10.7 Å². The Morgan fingerprint density at radius 2 is 1.80 bits per heavy atom. The highest BCUT2D eigenvalue weighted by molar-refractivity contribution is 6.29. The molecule has 0 bridgehead atoms. The third-order valence-corrected chi connectivity index (χ3v) is 2.80. The Kier molecular flexibility index (Phi) is 4.27. The van der Waals surface area contributed by atoms with Crippen molar-refractivity contribution in [2.45, 2.75) is 0 Å². The van der Waals surface area contributed by atoms with E-state index in [4.69, 9.17) is 11.6 Å². The zero-order chi connectivity index (χ0) is 14.5. The zero-order valence-corrected chi connectivity index (χ0v) is 11.0. The number of hydrogen-bond donors (Lipinski definition) is 1. The highest BCUT2D eigenvalue weighted by Gasteiger charge is 2.18. The number of nitrogens with zero attached hydrogens (tertiary/aromatic N) is 1. The van der Waals surface area contributed by atoms with E-state index in [0.717, 1.165) is 0 Å². The van der Waals surface area contributed by atoms with Gasteiger partial charge in [0.25, 0.3) is 0 Å². The first kappa shape index (κ1) is 14.0. The molecule has 2 rings (SSSR count). The van der Waals surface area contributed by atoms with Gasteiger partial charge in [0, 0.05) is 11.8 Å². The van der Waals surface area contributed by atoms with Crippen LogP contribution in [0.2, 0.25) is 5.15 Å². The molecule has 2 aromatic rings. The van der Waals surface area contributed by atoms with Crippen molar-refractivity contribution in [2.24, 2.45) is 0 Å². The number of hydrogen-bond acceptors (Lipinski definition) is 3. The van der Waals surface area contributed by atoms with Crippen molar-refractivity contribution in [1.29, 1.82) is 0 Å². The number of carbonyl (C=O) groups is 2. The molecule has 0 spiro atoms. The molecule has 5 heteroatoms. The smallest absolute Gasteiger partial charge is 0.339 e. The van der Waals surface area contributed by atoms with Crippen molar-refractivity contribution < 1.29 is 14.7 Å². The second kappa shape index (κ2) is 6.12. The van der Waals surface area contributed by atoms with Crippen molar-refractivity contribution in [3.8, 4) is 0 Å². The number of carbonyl (C=O) groups excluding carboxylic acids is 1. The first-order valence-electron chi connectivity index (χ1n) is 5.74. The topological polar surface area (TPSA) is 67.3 Å². The van der Waals surface area contributed by atoms with E-state index in [9.17, 15) is 14.7 Å². The van der Waals surface area contributed by atoms with Crippen molar-refractivity contribution >= 4 is 29.4 Å². The van der Waals surface area contributed by atoms with Crippen LogP contribution in [0.4, 0.5) is 0 Å². The quantitative estimate of drug-likeness (QED) is 0.308. The van der Waals surface area contributed by atoms with Gasteiger partial charge in [-0.1, -0.05) is 48.0 Å². The standard InChI is InChI=1S/C15H10ClNO3/c16-13-7-6-10(9-17-13)8-12(15(19)20)14(18)11-4-2-1-3-5-11/h1-9H,(H,19,20). The number of carboxylic acids is 1. The second-order valence-corrected chi connectivity index (χ2v) is 4.36. The predicted octanol–water partition coefficient (Wildman–Crippen LogP) is 3.09. The van der Waals surface area contributed by atoms with Gasteiger partial charge in [-0.15, -0.1) is 0 Å². The number of aliphatic carboxylic acids is 1. The van der Waals surface area contributed by atoms with E-state index < -0.39 is 11.8 Å². The molecule has 0 radical (unpaired) electrons. The summed E-state index contributed by atoms with van der Waals surface area (Å²) in [5, 5.41) is 9.48. The number of halogens is 1. The van der Waals surface area contributed by atoms with Crippen molar-refractivity contribution in [2.75, 3.05) is 0 Å². The molecule has 100 valence electrons. The predicted molar refractivity (Wildman–Crippen MR) is 75.6 cm³/mol. The van der Waals surface area contributed by atoms with Crippen molar-refractivity contribution in [1.82, 2.24) is 4.98 Å². The Labute approximate surface area is 120 Å². The fourth-order valence-electron chi connectivity index (χ4n) is 1.61. The molecule has 0 aliphatic rings. The molecule has 1 aromatic carbocycles. The number of benzene rings is 1. The minimum absolute atomic E-state index is 0.299. The molecule has 1 aromatic heterocycles. The largest absolute Gasteiger partial charge is 0.478 e. The summed E-state index contributed by atoms with van der Waals surface area (Å²) in [6.45, 7) is 0. The molecular weight excluding hydrogens is 278 g/mol. The summed E-state index contributed by atoms with van der Waals surface area (Å²) in [5.41, 5.74) is 0.500. The monoisotopic (exact) mass is 287 g/mol. The van der Waals surface area contributed by atoms with Gasteiger partial charge < -0.3 is 5.11 Å². The average molecular weight is 288 g/mol. The van der Waals surface area contributed by atoms with Crippen LogP contribution in [0.15, 0.2) is 54.2 Å². The lowest BCUT2D eigenvalue weighted by molar-refractivity contribution is -0.132. The van der Waals surface area contributed by atoms with Gasteiger partial charge in [-0.2, -0.15) is 0 Å². The van der Waals surface area contributed by atoms with Gasteiger partial charge in [0.2, 0.25) is 0 Å². The van der Waals surface area contributed by atoms with E-state index in [1.807, 2.05) is 0 Å². The van der Waals surface area contributed by atoms with E-state index in [1.54, 1.807) is 36.4 Å². The number of ketones is 1. The number of aromatic nitrogens is 1. The third-order valence-electron chi connectivity index (χ3n) is 2.57. The molecule has 0 unspecified atom stereocenters. The van der Waals surface area contributed by atoms with Crippen LogP contribution in [-0.2, 0) is 4.79 Å². The lowest BCUT2D eigenvalue weighted by Crippen LogP contribution is -2.12. The Hall–Kier alpha value is -2.46. The molecule has 0 fully saturated rings. The first-order valence-corrected chi connectivity index (χ1v) is 6.12. The van der Waals surface area contributed by atoms with E-state index >= 15 is 0 Å². The van der Waals surface area contributed by atoms with Gasteiger partial charge in [-0.05, 0) is 17.7 Å². The van der Waals surface area contributed by atoms with Crippen LogP contribution in [0.25, 0.3) is 6.08 Å². The van der Waals surface area contributed by atoms with Crippen molar-refractivity contribution in [3.63, 3.8) is 0 Å². The third kappa shape index (κ3) is 3.30. The maximum absolute atomic E-state index is 12.2. The van der Waals surface area contributed by atoms with Crippen LogP contribution >= 0.6 is 11.6 Å². The second-order valence-electron chi connectivity index (χ2n) is 3.97. The molecule has 1 heterocycles. The SMILES string of the molecule is O=C(O)C(=Cc1ccc(Cl)nc1)C(=O)c1ccccc1. The Morgan fingerprint density at radius 1 is 1.10 bits per heavy atom. The van der Waals surface area contributed by atoms with Gasteiger partial charge >= 0.3 is 5.97 Å². The van der Waals surface area contributed by atoms with Crippen molar-refractivity contribution in [3.05, 3.63) is 70.5 Å². The van der Waals surface area contributed by atoms with Crippen LogP contribution in [0, 0.1) is 0 Å². The van der Waals surface area contributed by atoms with Gasteiger partial charge in [0.15, 0.2) is 5.78 Å². The Balaban J connectivity index is 2.39. The van der Waals surface area contributed by atoms with Crippen LogP contribution in [0.3, 0.4) is 0 Å². The molecular formula is C15H10ClNO3.